The molecule has 2 aromatic carbocycles. The number of isocyanates is 1. The number of hydrogen-bond acceptors (Lipinski definition) is 4. The fourth-order valence-corrected chi connectivity index (χ4v) is 2.34. The van der Waals surface area contributed by atoms with Crippen LogP contribution in [0.15, 0.2) is 51.9 Å². The number of benzene rings is 2. The topological polar surface area (TPSA) is 55.5 Å². The van der Waals surface area contributed by atoms with E-state index in [2.05, 4.69) is 36.0 Å². The van der Waals surface area contributed by atoms with E-state index >= 15 is 0 Å². The highest BCUT2D eigenvalue weighted by molar-refractivity contribution is 5.77. The fourth-order valence-electron chi connectivity index (χ4n) is 2.34. The van der Waals surface area contributed by atoms with Crippen molar-refractivity contribution in [2.45, 2.75) is 26.2 Å². The van der Waals surface area contributed by atoms with E-state index in [9.17, 15) is 4.79 Å². The summed E-state index contributed by atoms with van der Waals surface area (Å²) in [5, 5.41) is 0. The maximum atomic E-state index is 10.2. The molecule has 110 valence electrons. The first-order valence-corrected chi connectivity index (χ1v) is 7.30. The lowest BCUT2D eigenvalue weighted by atomic mass is 9.98. The SMILES string of the molecule is CCC(C)c1ccc2oc(-c3ccc(N=C=O)cc3)nc2c1. The Kier molecular flexibility index (Phi) is 3.86. The molecular formula is C18H16N2O2. The van der Waals surface area contributed by atoms with Gasteiger partial charge in [0.15, 0.2) is 5.58 Å². The largest absolute Gasteiger partial charge is 0.436 e. The first-order chi connectivity index (χ1) is 10.7. The zero-order valence-corrected chi connectivity index (χ0v) is 12.5. The van der Waals surface area contributed by atoms with Crippen LogP contribution in [-0.4, -0.2) is 11.1 Å². The average Bonchev–Trinajstić information content (AvgIpc) is 2.98. The van der Waals surface area contributed by atoms with Gasteiger partial charge in [-0.3, -0.25) is 0 Å². The Morgan fingerprint density at radius 2 is 2.00 bits per heavy atom. The van der Waals surface area contributed by atoms with Gasteiger partial charge < -0.3 is 4.42 Å². The van der Waals surface area contributed by atoms with Gasteiger partial charge in [0.2, 0.25) is 12.0 Å². The van der Waals surface area contributed by atoms with Crippen LogP contribution >= 0.6 is 0 Å². The van der Waals surface area contributed by atoms with Crippen molar-refractivity contribution in [3.05, 3.63) is 48.0 Å². The summed E-state index contributed by atoms with van der Waals surface area (Å²) in [6, 6.07) is 13.3. The average molecular weight is 292 g/mol. The molecule has 0 N–H and O–H groups in total. The Bertz CT molecular complexity index is 843. The number of hydrogen-bond donors (Lipinski definition) is 0. The van der Waals surface area contributed by atoms with Crippen molar-refractivity contribution in [1.82, 2.24) is 4.98 Å². The van der Waals surface area contributed by atoms with Crippen molar-refractivity contribution in [3.63, 3.8) is 0 Å². The number of rotatable bonds is 4. The third-order valence-corrected chi connectivity index (χ3v) is 3.88. The molecular weight excluding hydrogens is 276 g/mol. The first kappa shape index (κ1) is 14.2. The highest BCUT2D eigenvalue weighted by Crippen LogP contribution is 2.28. The van der Waals surface area contributed by atoms with Crippen molar-refractivity contribution in [1.29, 1.82) is 0 Å². The van der Waals surface area contributed by atoms with Gasteiger partial charge in [-0.15, -0.1) is 0 Å². The van der Waals surface area contributed by atoms with E-state index in [1.165, 1.54) is 11.6 Å². The molecule has 0 spiro atoms. The number of aromatic nitrogens is 1. The van der Waals surface area contributed by atoms with Crippen LogP contribution in [0.4, 0.5) is 5.69 Å². The van der Waals surface area contributed by atoms with Gasteiger partial charge in [-0.05, 0) is 54.3 Å². The van der Waals surface area contributed by atoms with Gasteiger partial charge in [0.1, 0.15) is 5.52 Å². The zero-order chi connectivity index (χ0) is 15.5. The fraction of sp³-hybridized carbons (Fsp3) is 0.222. The second kappa shape index (κ2) is 5.96. The highest BCUT2D eigenvalue weighted by Gasteiger charge is 2.10. The minimum atomic E-state index is 0.505. The number of aliphatic imine (C=N–C) groups is 1. The predicted molar refractivity (Wildman–Crippen MR) is 85.9 cm³/mol. The molecule has 0 aliphatic heterocycles. The quantitative estimate of drug-likeness (QED) is 0.503. The van der Waals surface area contributed by atoms with Crippen LogP contribution < -0.4 is 0 Å². The maximum Gasteiger partial charge on any atom is 0.240 e. The molecule has 3 rings (SSSR count). The Labute approximate surface area is 128 Å². The molecule has 1 unspecified atom stereocenters. The summed E-state index contributed by atoms with van der Waals surface area (Å²) < 4.78 is 5.80. The Hall–Kier alpha value is -2.71. The smallest absolute Gasteiger partial charge is 0.240 e. The summed E-state index contributed by atoms with van der Waals surface area (Å²) >= 11 is 0. The van der Waals surface area contributed by atoms with Gasteiger partial charge in [0.25, 0.3) is 0 Å². The van der Waals surface area contributed by atoms with Crippen LogP contribution in [0.5, 0.6) is 0 Å². The Morgan fingerprint density at radius 1 is 1.23 bits per heavy atom. The minimum absolute atomic E-state index is 0.505. The van der Waals surface area contributed by atoms with E-state index in [0.717, 1.165) is 23.1 Å². The minimum Gasteiger partial charge on any atom is -0.436 e. The van der Waals surface area contributed by atoms with Crippen LogP contribution in [0, 0.1) is 0 Å². The lowest BCUT2D eigenvalue weighted by molar-refractivity contribution is 0.565. The van der Waals surface area contributed by atoms with Crippen molar-refractivity contribution in [2.75, 3.05) is 0 Å². The molecule has 0 bridgehead atoms. The van der Waals surface area contributed by atoms with Crippen LogP contribution in [-0.2, 0) is 4.79 Å². The third-order valence-electron chi connectivity index (χ3n) is 3.88. The Balaban J connectivity index is 1.99. The van der Waals surface area contributed by atoms with Crippen LogP contribution in [0.2, 0.25) is 0 Å². The summed E-state index contributed by atoms with van der Waals surface area (Å²) in [5.41, 5.74) is 4.32. The normalized spacial score (nSPS) is 12.1. The summed E-state index contributed by atoms with van der Waals surface area (Å²) in [4.78, 5) is 18.4. The molecule has 3 aromatic rings. The Morgan fingerprint density at radius 3 is 2.68 bits per heavy atom. The molecule has 4 nitrogen and oxygen atoms in total. The molecule has 4 heteroatoms. The van der Waals surface area contributed by atoms with Crippen LogP contribution in [0.3, 0.4) is 0 Å². The summed E-state index contributed by atoms with van der Waals surface area (Å²) in [6.45, 7) is 4.38. The second-order valence-electron chi connectivity index (χ2n) is 5.31. The van der Waals surface area contributed by atoms with Gasteiger partial charge in [-0.25, -0.2) is 9.78 Å². The van der Waals surface area contributed by atoms with Gasteiger partial charge in [0, 0.05) is 5.56 Å². The lowest BCUT2D eigenvalue weighted by Gasteiger charge is -2.07. The second-order valence-corrected chi connectivity index (χ2v) is 5.31. The molecule has 0 fully saturated rings. The molecule has 1 atom stereocenters. The number of carbonyl (C=O) groups excluding carboxylic acids is 1. The molecule has 1 heterocycles. The van der Waals surface area contributed by atoms with E-state index < -0.39 is 0 Å². The van der Waals surface area contributed by atoms with E-state index in [-0.39, 0.29) is 0 Å². The standard InChI is InChI=1S/C18H16N2O2/c1-3-12(2)14-6-9-17-16(10-14)20-18(22-17)13-4-7-15(8-5-13)19-11-21/h4-10,12H,3H2,1-2H3. The van der Waals surface area contributed by atoms with Crippen LogP contribution in [0.25, 0.3) is 22.6 Å². The highest BCUT2D eigenvalue weighted by atomic mass is 16.3. The summed E-state index contributed by atoms with van der Waals surface area (Å²) in [6.07, 6.45) is 2.62. The van der Waals surface area contributed by atoms with Crippen molar-refractivity contribution in [2.24, 2.45) is 4.99 Å². The first-order valence-electron chi connectivity index (χ1n) is 7.30. The van der Waals surface area contributed by atoms with Crippen LogP contribution in [0.1, 0.15) is 31.7 Å². The predicted octanol–water partition coefficient (Wildman–Crippen LogP) is 4.98. The van der Waals surface area contributed by atoms with Crippen molar-refractivity contribution >= 4 is 22.9 Å². The third kappa shape index (κ3) is 2.69. The van der Waals surface area contributed by atoms with Gasteiger partial charge >= 0.3 is 0 Å². The number of oxazole rings is 1. The summed E-state index contributed by atoms with van der Waals surface area (Å²) in [5.74, 6) is 1.07. The van der Waals surface area contributed by atoms with E-state index in [1.54, 1.807) is 12.1 Å². The summed E-state index contributed by atoms with van der Waals surface area (Å²) in [7, 11) is 0. The molecule has 0 saturated carbocycles. The number of fused-ring (bicyclic) bond motifs is 1. The van der Waals surface area contributed by atoms with E-state index in [1.807, 2.05) is 18.2 Å². The molecule has 0 aliphatic carbocycles. The molecule has 0 saturated heterocycles. The van der Waals surface area contributed by atoms with E-state index in [0.29, 0.717) is 17.5 Å². The lowest BCUT2D eigenvalue weighted by Crippen LogP contribution is -1.90. The molecule has 0 amide bonds. The molecule has 0 aliphatic rings. The molecule has 22 heavy (non-hydrogen) atoms. The zero-order valence-electron chi connectivity index (χ0n) is 12.5. The number of nitrogens with zero attached hydrogens (tertiary/aromatic N) is 2. The van der Waals surface area contributed by atoms with Gasteiger partial charge in [-0.2, -0.15) is 4.99 Å². The van der Waals surface area contributed by atoms with Gasteiger partial charge in [0.05, 0.1) is 5.69 Å². The van der Waals surface area contributed by atoms with E-state index in [4.69, 9.17) is 4.42 Å². The van der Waals surface area contributed by atoms with Gasteiger partial charge in [-0.1, -0.05) is 19.9 Å². The monoisotopic (exact) mass is 292 g/mol. The molecule has 1 aromatic heterocycles. The van der Waals surface area contributed by atoms with Crippen molar-refractivity contribution < 1.29 is 9.21 Å². The molecule has 0 radical (unpaired) electrons. The van der Waals surface area contributed by atoms with Crippen molar-refractivity contribution in [3.8, 4) is 11.5 Å². The maximum absolute atomic E-state index is 10.2.